The molecule has 6 heteroatoms. The molecule has 0 saturated carbocycles. The zero-order valence-electron chi connectivity index (χ0n) is 7.78. The van der Waals surface area contributed by atoms with E-state index in [2.05, 4.69) is 4.99 Å². The van der Waals surface area contributed by atoms with Crippen molar-refractivity contribution in [1.29, 1.82) is 0 Å². The summed E-state index contributed by atoms with van der Waals surface area (Å²) in [5.41, 5.74) is 0.418. The summed E-state index contributed by atoms with van der Waals surface area (Å²) in [6.07, 6.45) is 1.08. The van der Waals surface area contributed by atoms with Crippen molar-refractivity contribution in [3.8, 4) is 0 Å². The molecule has 82 valence electrons. The Morgan fingerprint density at radius 2 is 2.06 bits per heavy atom. The number of aliphatic imine (C=N–C) groups is 1. The van der Waals surface area contributed by atoms with E-state index in [9.17, 15) is 9.59 Å². The zero-order valence-corrected chi connectivity index (χ0v) is 9.29. The molecule has 0 spiro atoms. The van der Waals surface area contributed by atoms with E-state index in [0.717, 1.165) is 6.21 Å². The van der Waals surface area contributed by atoms with Crippen LogP contribution in [0.4, 0.5) is 5.69 Å². The predicted molar refractivity (Wildman–Crippen MR) is 60.1 cm³/mol. The Morgan fingerprint density at radius 1 is 1.38 bits per heavy atom. The number of carbonyl (C=O) groups is 2. The second kappa shape index (κ2) is 3.88. The van der Waals surface area contributed by atoms with Crippen molar-refractivity contribution in [2.45, 2.75) is 0 Å². The van der Waals surface area contributed by atoms with Gasteiger partial charge in [0.25, 0.3) is 0 Å². The maximum Gasteiger partial charge on any atom is 0.319 e. The molecule has 1 N–H and O–H groups in total. The number of carboxylic acids is 1. The van der Waals surface area contributed by atoms with Crippen LogP contribution in [-0.2, 0) is 4.79 Å². The number of nitrogens with zero attached hydrogens (tertiary/aromatic N) is 1. The third kappa shape index (κ3) is 1.70. The van der Waals surface area contributed by atoms with Gasteiger partial charge in [-0.1, -0.05) is 23.2 Å². The molecule has 0 saturated heterocycles. The lowest BCUT2D eigenvalue weighted by molar-refractivity contribution is -0.137. The fraction of sp³-hybridized carbons (Fsp3) is 0.100. The Hall–Kier alpha value is -1.39. The number of Topliss-reactive ketones (excluding diaryl/α,β-unsaturated/α-hetero) is 1. The van der Waals surface area contributed by atoms with Gasteiger partial charge in [0, 0.05) is 11.2 Å². The lowest BCUT2D eigenvalue weighted by Gasteiger charge is -2.15. The van der Waals surface area contributed by atoms with E-state index in [-0.39, 0.29) is 10.6 Å². The van der Waals surface area contributed by atoms with Gasteiger partial charge in [0.15, 0.2) is 11.7 Å². The fourth-order valence-electron chi connectivity index (χ4n) is 1.46. The molecule has 1 aromatic carbocycles. The molecule has 1 heterocycles. The van der Waals surface area contributed by atoms with Gasteiger partial charge in [0.05, 0.1) is 16.3 Å². The van der Waals surface area contributed by atoms with E-state index in [1.807, 2.05) is 0 Å². The van der Waals surface area contributed by atoms with Gasteiger partial charge in [-0.3, -0.25) is 14.6 Å². The highest BCUT2D eigenvalue weighted by atomic mass is 35.5. The Morgan fingerprint density at radius 3 is 2.69 bits per heavy atom. The first-order valence-electron chi connectivity index (χ1n) is 4.31. The fourth-order valence-corrected chi connectivity index (χ4v) is 2.04. The topological polar surface area (TPSA) is 66.7 Å². The molecule has 1 aliphatic heterocycles. The number of halogens is 2. The smallest absolute Gasteiger partial charge is 0.319 e. The summed E-state index contributed by atoms with van der Waals surface area (Å²) in [6, 6.07) is 2.86. The molecule has 0 amide bonds. The predicted octanol–water partition coefficient (Wildman–Crippen LogP) is 2.59. The largest absolute Gasteiger partial charge is 0.480 e. The number of fused-ring (bicyclic) bond motifs is 1. The first-order valence-corrected chi connectivity index (χ1v) is 5.06. The highest BCUT2D eigenvalue weighted by Gasteiger charge is 2.32. The lowest BCUT2D eigenvalue weighted by atomic mass is 9.95. The summed E-state index contributed by atoms with van der Waals surface area (Å²) in [4.78, 5) is 26.4. The van der Waals surface area contributed by atoms with Crippen molar-refractivity contribution in [2.24, 2.45) is 10.9 Å². The van der Waals surface area contributed by atoms with Crippen LogP contribution in [0.15, 0.2) is 17.1 Å². The highest BCUT2D eigenvalue weighted by molar-refractivity contribution is 6.39. The molecule has 0 fully saturated rings. The van der Waals surface area contributed by atoms with Crippen molar-refractivity contribution in [3.05, 3.63) is 27.7 Å². The minimum absolute atomic E-state index is 0.112. The number of benzene rings is 1. The number of hydrogen-bond acceptors (Lipinski definition) is 3. The maximum absolute atomic E-state index is 11.8. The van der Waals surface area contributed by atoms with Crippen molar-refractivity contribution in [2.75, 3.05) is 0 Å². The number of hydrogen-bond donors (Lipinski definition) is 1. The minimum atomic E-state index is -1.27. The summed E-state index contributed by atoms with van der Waals surface area (Å²) in [5.74, 6) is -3.09. The van der Waals surface area contributed by atoms with Gasteiger partial charge in [-0.15, -0.1) is 0 Å². The van der Waals surface area contributed by atoms with Gasteiger partial charge in [0.2, 0.25) is 0 Å². The molecular weight excluding hydrogens is 253 g/mol. The van der Waals surface area contributed by atoms with Crippen molar-refractivity contribution >= 4 is 46.9 Å². The molecule has 0 bridgehead atoms. The molecule has 2 rings (SSSR count). The van der Waals surface area contributed by atoms with Crippen LogP contribution < -0.4 is 0 Å². The highest BCUT2D eigenvalue weighted by Crippen LogP contribution is 2.35. The maximum atomic E-state index is 11.8. The summed E-state index contributed by atoms with van der Waals surface area (Å²) in [5, 5.41) is 9.27. The van der Waals surface area contributed by atoms with Crippen LogP contribution in [0, 0.1) is 5.92 Å². The Labute approximate surface area is 101 Å². The lowest BCUT2D eigenvalue weighted by Crippen LogP contribution is -2.27. The summed E-state index contributed by atoms with van der Waals surface area (Å²) in [7, 11) is 0. The van der Waals surface area contributed by atoms with Crippen molar-refractivity contribution < 1.29 is 14.7 Å². The molecule has 0 aromatic heterocycles. The van der Waals surface area contributed by atoms with Crippen LogP contribution in [0.25, 0.3) is 0 Å². The monoisotopic (exact) mass is 257 g/mol. The summed E-state index contributed by atoms with van der Waals surface area (Å²) in [6.45, 7) is 0. The SMILES string of the molecule is O=C(O)C1C=Nc2cc(Cl)cc(Cl)c2C1=O. The third-order valence-electron chi connectivity index (χ3n) is 2.19. The normalized spacial score (nSPS) is 18.4. The number of carbonyl (C=O) groups excluding carboxylic acids is 1. The third-order valence-corrected chi connectivity index (χ3v) is 2.71. The van der Waals surface area contributed by atoms with Crippen LogP contribution >= 0.6 is 23.2 Å². The number of aliphatic carboxylic acids is 1. The molecule has 0 radical (unpaired) electrons. The molecule has 0 aliphatic carbocycles. The first-order chi connectivity index (χ1) is 7.50. The van der Waals surface area contributed by atoms with Crippen LogP contribution in [0.1, 0.15) is 10.4 Å². The molecule has 1 unspecified atom stereocenters. The second-order valence-corrected chi connectivity index (χ2v) is 4.08. The quantitative estimate of drug-likeness (QED) is 0.787. The molecule has 16 heavy (non-hydrogen) atoms. The number of rotatable bonds is 1. The Balaban J connectivity index is 2.60. The van der Waals surface area contributed by atoms with Gasteiger partial charge < -0.3 is 5.11 Å². The van der Waals surface area contributed by atoms with Gasteiger partial charge in [-0.2, -0.15) is 0 Å². The van der Waals surface area contributed by atoms with E-state index >= 15 is 0 Å². The van der Waals surface area contributed by atoms with Gasteiger partial charge in [-0.25, -0.2) is 0 Å². The van der Waals surface area contributed by atoms with Gasteiger partial charge >= 0.3 is 5.97 Å². The van der Waals surface area contributed by atoms with Crippen molar-refractivity contribution in [1.82, 2.24) is 0 Å². The average Bonchev–Trinajstić information content (AvgIpc) is 2.15. The standard InChI is InChI=1S/C10H5Cl2NO3/c11-4-1-6(12)8-7(2-4)13-3-5(9(8)14)10(15)16/h1-3,5H,(H,15,16). The van der Waals surface area contributed by atoms with E-state index in [1.165, 1.54) is 12.1 Å². The molecular formula is C10H5Cl2NO3. The van der Waals surface area contributed by atoms with Crippen LogP contribution in [-0.4, -0.2) is 23.1 Å². The minimum Gasteiger partial charge on any atom is -0.480 e. The van der Waals surface area contributed by atoms with Crippen LogP contribution in [0.5, 0.6) is 0 Å². The van der Waals surface area contributed by atoms with Crippen LogP contribution in [0.2, 0.25) is 10.0 Å². The van der Waals surface area contributed by atoms with Gasteiger partial charge in [-0.05, 0) is 12.1 Å². The molecule has 4 nitrogen and oxygen atoms in total. The molecule has 1 atom stereocenters. The Kier molecular flexibility index (Phi) is 2.69. The summed E-state index contributed by atoms with van der Waals surface area (Å²) < 4.78 is 0. The van der Waals surface area contributed by atoms with E-state index in [0.29, 0.717) is 10.7 Å². The van der Waals surface area contributed by atoms with Gasteiger partial charge in [0.1, 0.15) is 0 Å². The molecule has 1 aromatic rings. The number of ketones is 1. The van der Waals surface area contributed by atoms with E-state index in [4.69, 9.17) is 28.3 Å². The summed E-state index contributed by atoms with van der Waals surface area (Å²) >= 11 is 11.6. The van der Waals surface area contributed by atoms with Crippen LogP contribution in [0.3, 0.4) is 0 Å². The van der Waals surface area contributed by atoms with E-state index < -0.39 is 17.7 Å². The number of carboxylic acid groups (broad SMARTS) is 1. The zero-order chi connectivity index (χ0) is 11.9. The second-order valence-electron chi connectivity index (χ2n) is 3.24. The molecule has 1 aliphatic rings. The van der Waals surface area contributed by atoms with E-state index in [1.54, 1.807) is 0 Å². The van der Waals surface area contributed by atoms with Crippen molar-refractivity contribution in [3.63, 3.8) is 0 Å². The first kappa shape index (κ1) is 11.1. The Bertz CT molecular complexity index is 525. The average molecular weight is 258 g/mol.